The summed E-state index contributed by atoms with van der Waals surface area (Å²) in [5, 5.41) is 32.5. The van der Waals surface area contributed by atoms with Crippen molar-refractivity contribution in [1.82, 2.24) is 25.0 Å². The van der Waals surface area contributed by atoms with Gasteiger partial charge in [0.25, 0.3) is 0 Å². The predicted molar refractivity (Wildman–Crippen MR) is 127 cm³/mol. The molecule has 14 nitrogen and oxygen atoms in total. The molecule has 0 bridgehead atoms. The summed E-state index contributed by atoms with van der Waals surface area (Å²) in [4.78, 5) is 25.8. The summed E-state index contributed by atoms with van der Waals surface area (Å²) in [6.45, 7) is 0. The zero-order valence-electron chi connectivity index (χ0n) is 19.1. The molecule has 3 aliphatic rings. The van der Waals surface area contributed by atoms with Crippen LogP contribution in [0.4, 0.5) is 5.82 Å². The van der Waals surface area contributed by atoms with E-state index in [0.29, 0.717) is 18.7 Å². The summed E-state index contributed by atoms with van der Waals surface area (Å²) in [6, 6.07) is 0.187. The van der Waals surface area contributed by atoms with Crippen LogP contribution in [0.3, 0.4) is 0 Å². The van der Waals surface area contributed by atoms with Gasteiger partial charge in [-0.25, -0.2) is 8.42 Å². The summed E-state index contributed by atoms with van der Waals surface area (Å²) in [5.74, 6) is -0.593. The van der Waals surface area contributed by atoms with Crippen LogP contribution in [0.5, 0.6) is 0 Å². The first-order valence-electron chi connectivity index (χ1n) is 11.8. The lowest BCUT2D eigenvalue weighted by Gasteiger charge is -2.22. The molecular formula is C19H28ClN6O8PS. The highest BCUT2D eigenvalue weighted by Crippen LogP contribution is 2.51. The SMILES string of the molecule is O=P(O)(O)C(CC1CC1)S(=O)(=O)C[C@H]1O[C@@H](n2nnc3c(NC4CCCC4)nc(Cl)nc32)[C@H](O)[C@@H]1O. The zero-order chi connectivity index (χ0) is 25.8. The van der Waals surface area contributed by atoms with E-state index in [4.69, 9.17) is 16.3 Å². The Kier molecular flexibility index (Phi) is 7.05. The fourth-order valence-corrected chi connectivity index (χ4v) is 9.07. The average molecular weight is 567 g/mol. The number of nitrogens with one attached hydrogen (secondary N) is 1. The molecule has 200 valence electrons. The van der Waals surface area contributed by atoms with E-state index in [9.17, 15) is 33.0 Å². The fourth-order valence-electron chi connectivity index (χ4n) is 4.88. The number of rotatable bonds is 9. The fraction of sp³-hybridized carbons (Fsp3) is 0.789. The highest BCUT2D eigenvalue weighted by atomic mass is 35.5. The van der Waals surface area contributed by atoms with E-state index in [1.807, 2.05) is 0 Å². The van der Waals surface area contributed by atoms with Crippen molar-refractivity contribution in [2.24, 2.45) is 5.92 Å². The second-order valence-corrected chi connectivity index (χ2v) is 14.5. The standard InChI is InChI=1S/C19H28ClN6O8PS/c20-19-22-16(21-10-3-1-2-4-10)13-17(23-19)26(25-24-13)18-15(28)14(27)11(34-18)8-36(32,33)12(35(29,30)31)7-9-5-6-9/h9-12,14-15,18,27-28H,1-8H2,(H,21,22,23)(H2,29,30,31)/t11-,12?,14-,15-,18-/m1/s1. The lowest BCUT2D eigenvalue weighted by atomic mass is 10.1. The Morgan fingerprint density at radius 3 is 2.47 bits per heavy atom. The van der Waals surface area contributed by atoms with Gasteiger partial charge in [-0.2, -0.15) is 14.6 Å². The number of anilines is 1. The number of nitrogens with zero attached hydrogens (tertiary/aromatic N) is 5. The molecule has 0 spiro atoms. The molecule has 0 amide bonds. The van der Waals surface area contributed by atoms with Gasteiger partial charge in [-0.15, -0.1) is 5.10 Å². The molecule has 5 N–H and O–H groups in total. The van der Waals surface area contributed by atoms with Crippen LogP contribution in [0.1, 0.15) is 51.2 Å². The minimum Gasteiger partial charge on any atom is -0.387 e. The third-order valence-electron chi connectivity index (χ3n) is 6.99. The van der Waals surface area contributed by atoms with Crippen LogP contribution in [-0.2, 0) is 19.1 Å². The van der Waals surface area contributed by atoms with E-state index >= 15 is 0 Å². The van der Waals surface area contributed by atoms with E-state index in [1.54, 1.807) is 0 Å². The van der Waals surface area contributed by atoms with E-state index in [-0.39, 0.29) is 34.8 Å². The van der Waals surface area contributed by atoms with E-state index in [0.717, 1.165) is 30.4 Å². The second kappa shape index (κ2) is 9.70. The molecular weight excluding hydrogens is 539 g/mol. The first-order valence-corrected chi connectivity index (χ1v) is 15.5. The van der Waals surface area contributed by atoms with Gasteiger partial charge in [-0.3, -0.25) is 4.57 Å². The highest BCUT2D eigenvalue weighted by molar-refractivity contribution is 7.98. The van der Waals surface area contributed by atoms with Gasteiger partial charge in [-0.1, -0.05) is 30.9 Å². The third-order valence-corrected chi connectivity index (χ3v) is 11.7. The number of aliphatic hydroxyl groups is 2. The number of sulfone groups is 1. The minimum absolute atomic E-state index is 0.0665. The van der Waals surface area contributed by atoms with Gasteiger partial charge in [0.2, 0.25) is 5.28 Å². The summed E-state index contributed by atoms with van der Waals surface area (Å²) >= 11 is 6.11. The van der Waals surface area contributed by atoms with Gasteiger partial charge in [0.15, 0.2) is 38.0 Å². The van der Waals surface area contributed by atoms with Gasteiger partial charge < -0.3 is 30.1 Å². The Morgan fingerprint density at radius 2 is 1.83 bits per heavy atom. The van der Waals surface area contributed by atoms with Gasteiger partial charge in [-0.05, 0) is 36.8 Å². The van der Waals surface area contributed by atoms with Gasteiger partial charge in [0, 0.05) is 6.04 Å². The Hall–Kier alpha value is -1.45. The van der Waals surface area contributed by atoms with Crippen molar-refractivity contribution in [3.05, 3.63) is 5.28 Å². The minimum atomic E-state index is -4.98. The largest absolute Gasteiger partial charge is 0.387 e. The van der Waals surface area contributed by atoms with Gasteiger partial charge in [0.05, 0.1) is 5.75 Å². The molecule has 2 aliphatic carbocycles. The normalized spacial score (nSPS) is 28.7. The quantitative estimate of drug-likeness (QED) is 0.208. The van der Waals surface area contributed by atoms with Crippen molar-refractivity contribution in [2.45, 2.75) is 80.5 Å². The van der Waals surface area contributed by atoms with Crippen LogP contribution >= 0.6 is 19.2 Å². The summed E-state index contributed by atoms with van der Waals surface area (Å²) < 4.78 is 44.6. The Balaban J connectivity index is 1.39. The van der Waals surface area contributed by atoms with Crippen LogP contribution in [0.15, 0.2) is 0 Å². The van der Waals surface area contributed by atoms with Crippen LogP contribution < -0.4 is 5.32 Å². The van der Waals surface area contributed by atoms with Crippen molar-refractivity contribution in [3.8, 4) is 0 Å². The molecule has 2 aromatic rings. The van der Waals surface area contributed by atoms with Crippen molar-refractivity contribution in [2.75, 3.05) is 11.1 Å². The number of aromatic nitrogens is 5. The van der Waals surface area contributed by atoms with Crippen LogP contribution in [0.2, 0.25) is 5.28 Å². The summed E-state index contributed by atoms with van der Waals surface area (Å²) in [6.07, 6.45) is -0.790. The highest BCUT2D eigenvalue weighted by Gasteiger charge is 2.50. The van der Waals surface area contributed by atoms with E-state index in [1.165, 1.54) is 0 Å². The number of ether oxygens (including phenoxy) is 1. The van der Waals surface area contributed by atoms with Crippen molar-refractivity contribution in [3.63, 3.8) is 0 Å². The Bertz CT molecular complexity index is 1280. The second-order valence-electron chi connectivity index (χ2n) is 9.77. The lowest BCUT2D eigenvalue weighted by Crippen LogP contribution is -2.38. The third kappa shape index (κ3) is 5.25. The monoisotopic (exact) mass is 566 g/mol. The maximum absolute atomic E-state index is 13.0. The van der Waals surface area contributed by atoms with E-state index < -0.39 is 52.7 Å². The van der Waals surface area contributed by atoms with E-state index in [2.05, 4.69) is 25.6 Å². The van der Waals surface area contributed by atoms with Crippen molar-refractivity contribution in [1.29, 1.82) is 0 Å². The van der Waals surface area contributed by atoms with Crippen LogP contribution in [0, 0.1) is 5.92 Å². The average Bonchev–Trinajstić information content (AvgIpc) is 3.16. The molecule has 2 saturated carbocycles. The first kappa shape index (κ1) is 26.2. The van der Waals surface area contributed by atoms with Crippen LogP contribution in [0.25, 0.3) is 11.2 Å². The molecule has 1 saturated heterocycles. The topological polar surface area (TPSA) is 210 Å². The molecule has 0 radical (unpaired) electrons. The number of halogens is 1. The molecule has 1 aliphatic heterocycles. The predicted octanol–water partition coefficient (Wildman–Crippen LogP) is 0.567. The number of fused-ring (bicyclic) bond motifs is 1. The Labute approximate surface area is 211 Å². The molecule has 0 aromatic carbocycles. The maximum atomic E-state index is 13.0. The first-order chi connectivity index (χ1) is 16.9. The Morgan fingerprint density at radius 1 is 1.14 bits per heavy atom. The van der Waals surface area contributed by atoms with Crippen molar-refractivity contribution >= 4 is 46.0 Å². The maximum Gasteiger partial charge on any atom is 0.343 e. The molecule has 17 heteroatoms. The zero-order valence-corrected chi connectivity index (χ0v) is 21.6. The molecule has 2 aromatic heterocycles. The number of hydrogen-bond acceptors (Lipinski definition) is 11. The lowest BCUT2D eigenvalue weighted by molar-refractivity contribution is -0.0375. The summed E-state index contributed by atoms with van der Waals surface area (Å²) in [5.41, 5.74) is 0.371. The molecule has 1 unspecified atom stereocenters. The van der Waals surface area contributed by atoms with Gasteiger partial charge >= 0.3 is 7.60 Å². The van der Waals surface area contributed by atoms with Crippen molar-refractivity contribution < 1.29 is 37.7 Å². The molecule has 5 rings (SSSR count). The molecule has 5 atom stereocenters. The molecule has 3 heterocycles. The van der Waals surface area contributed by atoms with Gasteiger partial charge in [0.1, 0.15) is 18.3 Å². The smallest absolute Gasteiger partial charge is 0.343 e. The number of hydrogen-bond donors (Lipinski definition) is 5. The summed E-state index contributed by atoms with van der Waals surface area (Å²) in [7, 11) is -9.37. The number of aliphatic hydroxyl groups excluding tert-OH is 2. The van der Waals surface area contributed by atoms with Crippen LogP contribution in [-0.4, -0.2) is 88.5 Å². The molecule has 3 fully saturated rings. The molecule has 36 heavy (non-hydrogen) atoms.